The maximum atomic E-state index is 12.5. The molecule has 0 N–H and O–H groups in total. The lowest BCUT2D eigenvalue weighted by Gasteiger charge is -2.19. The molecule has 47 heavy (non-hydrogen) atoms. The Morgan fingerprint density at radius 2 is 1.70 bits per heavy atom. The zero-order valence-electron chi connectivity index (χ0n) is 28.0. The number of aryl methyl sites for hydroxylation is 2. The number of carbonyl (C=O) groups is 2. The molecule has 8 nitrogen and oxygen atoms in total. The summed E-state index contributed by atoms with van der Waals surface area (Å²) < 4.78 is 45.6. The molecule has 2 unspecified atom stereocenters. The highest BCUT2D eigenvalue weighted by Gasteiger charge is 2.30. The number of hydrogen-bond donors (Lipinski definition) is 0. The number of benzene rings is 3. The lowest BCUT2D eigenvalue weighted by atomic mass is 9.90. The molecule has 10 heteroatoms. The first-order valence-corrected chi connectivity index (χ1v) is 19.0. The first kappa shape index (κ1) is 34.8. The molecule has 252 valence electrons. The molecule has 1 heterocycles. The summed E-state index contributed by atoms with van der Waals surface area (Å²) in [5.41, 5.74) is 7.57. The topological polar surface area (TPSA) is 105 Å². The third kappa shape index (κ3) is 8.70. The molecule has 0 saturated heterocycles. The maximum Gasteiger partial charge on any atom is 0.314 e. The first-order chi connectivity index (χ1) is 22.2. The molecule has 3 aromatic carbocycles. The van der Waals surface area contributed by atoms with Gasteiger partial charge in [0, 0.05) is 22.8 Å². The molecule has 3 aromatic rings. The van der Waals surface area contributed by atoms with Crippen LogP contribution < -0.4 is 9.47 Å². The lowest BCUT2D eigenvalue weighted by molar-refractivity contribution is -0.173. The van der Waals surface area contributed by atoms with E-state index in [1.165, 1.54) is 28.5 Å². The number of hydrogen-bond acceptors (Lipinski definition) is 9. The van der Waals surface area contributed by atoms with Gasteiger partial charge in [-0.25, -0.2) is 8.42 Å². The fraction of sp³-hybridized carbons (Fsp3) is 0.459. The maximum absolute atomic E-state index is 12.5. The van der Waals surface area contributed by atoms with E-state index in [4.69, 9.17) is 18.9 Å². The van der Waals surface area contributed by atoms with Crippen LogP contribution in [0.4, 0.5) is 0 Å². The van der Waals surface area contributed by atoms with Gasteiger partial charge in [0.05, 0.1) is 24.2 Å². The van der Waals surface area contributed by atoms with Gasteiger partial charge in [0.1, 0.15) is 27.4 Å². The van der Waals surface area contributed by atoms with Crippen LogP contribution in [0.25, 0.3) is 11.1 Å². The quantitative estimate of drug-likeness (QED) is 0.109. The smallest absolute Gasteiger partial charge is 0.314 e. The molecule has 0 radical (unpaired) electrons. The number of sulfone groups is 1. The fourth-order valence-electron chi connectivity index (χ4n) is 6.20. The van der Waals surface area contributed by atoms with Gasteiger partial charge in [0.15, 0.2) is 0 Å². The van der Waals surface area contributed by atoms with Crippen molar-refractivity contribution in [3.63, 3.8) is 0 Å². The molecular weight excluding hydrogens is 637 g/mol. The number of fused-ring (bicyclic) bond motifs is 2. The summed E-state index contributed by atoms with van der Waals surface area (Å²) in [7, 11) is -3.00. The molecule has 0 spiro atoms. The molecular formula is C37H44O8S2. The largest absolute Gasteiger partial charge is 0.494 e. The van der Waals surface area contributed by atoms with Crippen LogP contribution in [0.5, 0.6) is 11.5 Å². The van der Waals surface area contributed by atoms with Crippen molar-refractivity contribution < 1.29 is 37.0 Å². The van der Waals surface area contributed by atoms with Crippen LogP contribution in [0.2, 0.25) is 0 Å². The van der Waals surface area contributed by atoms with Crippen LogP contribution in [-0.4, -0.2) is 51.5 Å². The van der Waals surface area contributed by atoms with Crippen LogP contribution >= 0.6 is 11.8 Å². The summed E-state index contributed by atoms with van der Waals surface area (Å²) >= 11 is 1.71. The Morgan fingerprint density at radius 1 is 0.957 bits per heavy atom. The van der Waals surface area contributed by atoms with Crippen LogP contribution in [0.1, 0.15) is 79.9 Å². The van der Waals surface area contributed by atoms with Crippen LogP contribution in [-0.2, 0) is 35.3 Å². The molecule has 5 rings (SSSR count). The Hall–Kier alpha value is -3.50. The second-order valence-electron chi connectivity index (χ2n) is 13.5. The van der Waals surface area contributed by atoms with Gasteiger partial charge >= 0.3 is 11.9 Å². The van der Waals surface area contributed by atoms with E-state index in [0.29, 0.717) is 13.0 Å². The summed E-state index contributed by atoms with van der Waals surface area (Å²) in [4.78, 5) is 25.5. The normalized spacial score (nSPS) is 17.1. The van der Waals surface area contributed by atoms with E-state index in [1.54, 1.807) is 32.5 Å². The van der Waals surface area contributed by atoms with Gasteiger partial charge in [-0.2, -0.15) is 0 Å². The van der Waals surface area contributed by atoms with Crippen molar-refractivity contribution in [1.29, 1.82) is 0 Å². The number of carbonyl (C=O) groups excluding carboxylic acids is 2. The van der Waals surface area contributed by atoms with Gasteiger partial charge in [-0.05, 0) is 117 Å². The van der Waals surface area contributed by atoms with Gasteiger partial charge in [0.25, 0.3) is 0 Å². The highest BCUT2D eigenvalue weighted by Crippen LogP contribution is 2.46. The van der Waals surface area contributed by atoms with E-state index in [9.17, 15) is 18.0 Å². The Balaban J connectivity index is 1.22. The van der Waals surface area contributed by atoms with E-state index in [1.807, 2.05) is 24.3 Å². The second-order valence-corrected chi connectivity index (χ2v) is 16.8. The zero-order valence-corrected chi connectivity index (χ0v) is 29.6. The van der Waals surface area contributed by atoms with Gasteiger partial charge in [-0.3, -0.25) is 9.59 Å². The third-order valence-electron chi connectivity index (χ3n) is 8.50. The molecule has 0 fully saturated rings. The number of esters is 2. The van der Waals surface area contributed by atoms with E-state index >= 15 is 0 Å². The predicted molar refractivity (Wildman–Crippen MR) is 184 cm³/mol. The standard InChI is InChI=1S/C37H44O8S2/c1-23-17-27(42-15-8-16-47(6,40)41)18-24(2)35(23)31-10-7-9-30-29(31)13-14-32(30)45-26-11-12-28-25(21-46-33(28)20-26)19-34(38)43-22-44-36(39)37(3,4)5/h7,9-12,17-18,20,25,32H,8,13-16,19,21-22H2,1-6H3. The van der Waals surface area contributed by atoms with Crippen LogP contribution in [0.3, 0.4) is 0 Å². The van der Waals surface area contributed by atoms with Crippen molar-refractivity contribution in [2.45, 2.75) is 77.2 Å². The van der Waals surface area contributed by atoms with E-state index in [0.717, 1.165) is 51.7 Å². The average Bonchev–Trinajstić information content (AvgIpc) is 3.58. The van der Waals surface area contributed by atoms with Crippen molar-refractivity contribution in [1.82, 2.24) is 0 Å². The van der Waals surface area contributed by atoms with Crippen molar-refractivity contribution in [2.75, 3.05) is 31.2 Å². The van der Waals surface area contributed by atoms with Crippen molar-refractivity contribution in [3.05, 3.63) is 76.3 Å². The van der Waals surface area contributed by atoms with Gasteiger partial charge < -0.3 is 18.9 Å². The van der Waals surface area contributed by atoms with Gasteiger partial charge in [-0.1, -0.05) is 24.3 Å². The van der Waals surface area contributed by atoms with Gasteiger partial charge in [0.2, 0.25) is 6.79 Å². The van der Waals surface area contributed by atoms with E-state index in [-0.39, 0.29) is 37.0 Å². The van der Waals surface area contributed by atoms with Crippen LogP contribution in [0, 0.1) is 19.3 Å². The highest BCUT2D eigenvalue weighted by molar-refractivity contribution is 7.99. The molecule has 2 atom stereocenters. The van der Waals surface area contributed by atoms with E-state index < -0.39 is 21.2 Å². The molecule has 1 aliphatic heterocycles. The molecule has 0 amide bonds. The fourth-order valence-corrected chi connectivity index (χ4v) is 8.13. The lowest BCUT2D eigenvalue weighted by Crippen LogP contribution is -2.25. The predicted octanol–water partition coefficient (Wildman–Crippen LogP) is 7.52. The minimum Gasteiger partial charge on any atom is -0.494 e. The highest BCUT2D eigenvalue weighted by atomic mass is 32.2. The Morgan fingerprint density at radius 3 is 2.40 bits per heavy atom. The van der Waals surface area contributed by atoms with Crippen molar-refractivity contribution >= 4 is 33.5 Å². The Labute approximate surface area is 282 Å². The summed E-state index contributed by atoms with van der Waals surface area (Å²) in [5, 5.41) is 0. The molecule has 0 bridgehead atoms. The minimum absolute atomic E-state index is 0.0281. The number of thioether (sulfide) groups is 1. The molecule has 0 aromatic heterocycles. The van der Waals surface area contributed by atoms with Crippen LogP contribution in [0.15, 0.2) is 53.4 Å². The van der Waals surface area contributed by atoms with Gasteiger partial charge in [-0.15, -0.1) is 11.8 Å². The minimum atomic E-state index is -3.00. The summed E-state index contributed by atoms with van der Waals surface area (Å²) in [5.74, 6) is 1.67. The average molecular weight is 681 g/mol. The third-order valence-corrected chi connectivity index (χ3v) is 10.8. The second kappa shape index (κ2) is 14.3. The molecule has 1 aliphatic carbocycles. The Kier molecular flexibility index (Phi) is 10.6. The first-order valence-electron chi connectivity index (χ1n) is 16.0. The molecule has 0 saturated carbocycles. The van der Waals surface area contributed by atoms with Crippen molar-refractivity contribution in [2.24, 2.45) is 5.41 Å². The van der Waals surface area contributed by atoms with Crippen molar-refractivity contribution in [3.8, 4) is 22.6 Å². The summed E-state index contributed by atoms with van der Waals surface area (Å²) in [6, 6.07) is 16.6. The summed E-state index contributed by atoms with van der Waals surface area (Å²) in [6.45, 7) is 9.41. The van der Waals surface area contributed by atoms with E-state index in [2.05, 4.69) is 38.1 Å². The number of ether oxygens (including phenoxy) is 4. The summed E-state index contributed by atoms with van der Waals surface area (Å²) in [6.07, 6.45) is 3.65. The Bertz CT molecular complexity index is 1730. The monoisotopic (exact) mass is 680 g/mol. The number of rotatable bonds is 12. The zero-order chi connectivity index (χ0) is 33.9. The molecule has 2 aliphatic rings. The SMILES string of the molecule is Cc1cc(OCCCS(C)(=O)=O)cc(C)c1-c1cccc2c1CCC2Oc1ccc2c(c1)SCC2CC(=O)OCOC(=O)C(C)(C)C.